The van der Waals surface area contributed by atoms with Crippen molar-refractivity contribution in [1.29, 1.82) is 0 Å². The number of hydrogen-bond acceptors (Lipinski definition) is 6. The van der Waals surface area contributed by atoms with E-state index < -0.39 is 18.2 Å². The van der Waals surface area contributed by atoms with Crippen molar-refractivity contribution in [1.82, 2.24) is 5.32 Å². The van der Waals surface area contributed by atoms with E-state index in [1.54, 1.807) is 30.3 Å². The van der Waals surface area contributed by atoms with Crippen LogP contribution in [0.25, 0.3) is 0 Å². The summed E-state index contributed by atoms with van der Waals surface area (Å²) in [6, 6.07) is 12.3. The minimum atomic E-state index is -0.544. The van der Waals surface area contributed by atoms with Crippen molar-refractivity contribution >= 4 is 23.7 Å². The van der Waals surface area contributed by atoms with Crippen LogP contribution < -0.4 is 10.1 Å². The second kappa shape index (κ2) is 11.3. The van der Waals surface area contributed by atoms with E-state index in [2.05, 4.69) is 10.1 Å². The van der Waals surface area contributed by atoms with Crippen LogP contribution in [0.4, 0.5) is 4.79 Å². The predicted octanol–water partition coefficient (Wildman–Crippen LogP) is 3.99. The average molecular weight is 422 g/mol. The molecule has 0 aromatic heterocycles. The van der Waals surface area contributed by atoms with E-state index in [0.29, 0.717) is 28.5 Å². The molecule has 2 aromatic carbocycles. The van der Waals surface area contributed by atoms with E-state index >= 15 is 0 Å². The van der Waals surface area contributed by atoms with Gasteiger partial charge in [0.2, 0.25) is 0 Å². The first-order valence-corrected chi connectivity index (χ1v) is 9.41. The van der Waals surface area contributed by atoms with E-state index in [4.69, 9.17) is 25.8 Å². The highest BCUT2D eigenvalue weighted by Gasteiger charge is 2.19. The van der Waals surface area contributed by atoms with Crippen molar-refractivity contribution in [3.63, 3.8) is 0 Å². The molecule has 2 rings (SSSR count). The van der Waals surface area contributed by atoms with Gasteiger partial charge in [0.05, 0.1) is 33.0 Å². The van der Waals surface area contributed by atoms with Crippen LogP contribution in [0.3, 0.4) is 0 Å². The summed E-state index contributed by atoms with van der Waals surface area (Å²) >= 11 is 6.16. The molecular formula is C21H24ClNO6. The van der Waals surface area contributed by atoms with Crippen LogP contribution in [0.2, 0.25) is 5.02 Å². The second-order valence-corrected chi connectivity index (χ2v) is 6.38. The number of carbonyl (C=O) groups excluding carboxylic acids is 2. The number of halogens is 1. The summed E-state index contributed by atoms with van der Waals surface area (Å²) in [5.74, 6) is 0.0405. The molecular weight excluding hydrogens is 398 g/mol. The van der Waals surface area contributed by atoms with E-state index in [9.17, 15) is 9.59 Å². The SMILES string of the molecule is CCOc1cc(C(=O)OC)cc(C(OCCNC(=O)OC)c2cccc(Cl)c2)c1. The number of ether oxygens (including phenoxy) is 4. The number of nitrogens with one attached hydrogen (secondary N) is 1. The fourth-order valence-electron chi connectivity index (χ4n) is 2.72. The van der Waals surface area contributed by atoms with E-state index in [1.165, 1.54) is 14.2 Å². The zero-order valence-corrected chi connectivity index (χ0v) is 17.3. The van der Waals surface area contributed by atoms with Gasteiger partial charge in [0.25, 0.3) is 0 Å². The predicted molar refractivity (Wildman–Crippen MR) is 109 cm³/mol. The number of alkyl carbamates (subject to hydrolysis) is 1. The number of carbonyl (C=O) groups is 2. The molecule has 1 unspecified atom stereocenters. The summed E-state index contributed by atoms with van der Waals surface area (Å²) in [7, 11) is 2.61. The summed E-state index contributed by atoms with van der Waals surface area (Å²) in [5.41, 5.74) is 1.83. The molecule has 0 bridgehead atoms. The molecule has 0 aliphatic rings. The maximum Gasteiger partial charge on any atom is 0.406 e. The first-order valence-electron chi connectivity index (χ1n) is 9.03. The van der Waals surface area contributed by atoms with Gasteiger partial charge >= 0.3 is 12.1 Å². The molecule has 1 N–H and O–H groups in total. The van der Waals surface area contributed by atoms with E-state index in [0.717, 1.165) is 5.56 Å². The second-order valence-electron chi connectivity index (χ2n) is 5.94. The Labute approximate surface area is 174 Å². The van der Waals surface area contributed by atoms with Gasteiger partial charge in [-0.15, -0.1) is 0 Å². The molecule has 1 amide bonds. The van der Waals surface area contributed by atoms with Gasteiger partial charge < -0.3 is 24.3 Å². The largest absolute Gasteiger partial charge is 0.494 e. The zero-order valence-electron chi connectivity index (χ0n) is 16.6. The Morgan fingerprint density at radius 3 is 2.52 bits per heavy atom. The molecule has 1 atom stereocenters. The average Bonchev–Trinajstić information content (AvgIpc) is 2.72. The molecule has 0 saturated heterocycles. The topological polar surface area (TPSA) is 83.1 Å². The Balaban J connectivity index is 2.37. The van der Waals surface area contributed by atoms with Gasteiger partial charge in [-0.2, -0.15) is 0 Å². The number of methoxy groups -OCH3 is 2. The molecule has 156 valence electrons. The minimum Gasteiger partial charge on any atom is -0.494 e. The summed E-state index contributed by atoms with van der Waals surface area (Å²) in [4.78, 5) is 23.3. The Bertz CT molecular complexity index is 842. The Morgan fingerprint density at radius 2 is 1.86 bits per heavy atom. The fourth-order valence-corrected chi connectivity index (χ4v) is 2.91. The molecule has 0 spiro atoms. The highest BCUT2D eigenvalue weighted by Crippen LogP contribution is 2.31. The van der Waals surface area contributed by atoms with Crippen molar-refractivity contribution in [3.05, 3.63) is 64.2 Å². The van der Waals surface area contributed by atoms with Crippen LogP contribution in [-0.2, 0) is 14.2 Å². The number of amides is 1. The van der Waals surface area contributed by atoms with E-state index in [1.807, 2.05) is 19.1 Å². The number of esters is 1. The van der Waals surface area contributed by atoms with Gasteiger partial charge in [-0.1, -0.05) is 23.7 Å². The van der Waals surface area contributed by atoms with Crippen molar-refractivity contribution < 1.29 is 28.5 Å². The molecule has 0 aliphatic heterocycles. The van der Waals surface area contributed by atoms with Crippen LogP contribution in [0.15, 0.2) is 42.5 Å². The molecule has 0 aliphatic carbocycles. The monoisotopic (exact) mass is 421 g/mol. The van der Waals surface area contributed by atoms with Crippen LogP contribution >= 0.6 is 11.6 Å². The molecule has 0 fully saturated rings. The van der Waals surface area contributed by atoms with Gasteiger partial charge in [0, 0.05) is 11.6 Å². The van der Waals surface area contributed by atoms with Crippen LogP contribution in [-0.4, -0.2) is 46.0 Å². The quantitative estimate of drug-likeness (QED) is 0.487. The molecule has 2 aromatic rings. The lowest BCUT2D eigenvalue weighted by molar-refractivity contribution is 0.0598. The van der Waals surface area contributed by atoms with Crippen molar-refractivity contribution in [2.75, 3.05) is 34.0 Å². The van der Waals surface area contributed by atoms with Crippen molar-refractivity contribution in [3.8, 4) is 5.75 Å². The van der Waals surface area contributed by atoms with Gasteiger partial charge in [-0.05, 0) is 48.4 Å². The van der Waals surface area contributed by atoms with Gasteiger partial charge in [-0.3, -0.25) is 0 Å². The summed E-state index contributed by atoms with van der Waals surface area (Å²) in [6.07, 6.45) is -1.09. The van der Waals surface area contributed by atoms with Crippen molar-refractivity contribution in [2.45, 2.75) is 13.0 Å². The molecule has 7 nitrogen and oxygen atoms in total. The first kappa shape index (κ1) is 22.5. The highest BCUT2D eigenvalue weighted by atomic mass is 35.5. The third-order valence-corrected chi connectivity index (χ3v) is 4.19. The molecule has 0 heterocycles. The lowest BCUT2D eigenvalue weighted by Crippen LogP contribution is -2.27. The lowest BCUT2D eigenvalue weighted by atomic mass is 9.99. The van der Waals surface area contributed by atoms with Crippen LogP contribution in [0.1, 0.15) is 34.5 Å². The van der Waals surface area contributed by atoms with Crippen LogP contribution in [0.5, 0.6) is 5.75 Å². The number of hydrogen-bond donors (Lipinski definition) is 1. The lowest BCUT2D eigenvalue weighted by Gasteiger charge is -2.21. The van der Waals surface area contributed by atoms with Gasteiger partial charge in [0.1, 0.15) is 11.9 Å². The fraction of sp³-hybridized carbons (Fsp3) is 0.333. The maximum absolute atomic E-state index is 12.1. The Morgan fingerprint density at radius 1 is 1.07 bits per heavy atom. The highest BCUT2D eigenvalue weighted by molar-refractivity contribution is 6.30. The molecule has 0 radical (unpaired) electrons. The number of rotatable bonds is 9. The standard InChI is InChI=1S/C21H24ClNO6/c1-4-28-18-12-15(10-16(13-18)20(24)26-2)19(14-6-5-7-17(22)11-14)29-9-8-23-21(25)27-3/h5-7,10-13,19H,4,8-9H2,1-3H3,(H,23,25). The number of benzene rings is 2. The Kier molecular flexibility index (Phi) is 8.76. The summed E-state index contributed by atoms with van der Waals surface area (Å²) < 4.78 is 21.0. The molecule has 29 heavy (non-hydrogen) atoms. The van der Waals surface area contributed by atoms with Gasteiger partial charge in [0.15, 0.2) is 0 Å². The maximum atomic E-state index is 12.1. The first-order chi connectivity index (χ1) is 14.0. The third-order valence-electron chi connectivity index (χ3n) is 3.96. The normalized spacial score (nSPS) is 11.4. The minimum absolute atomic E-state index is 0.207. The summed E-state index contributed by atoms with van der Waals surface area (Å²) in [6.45, 7) is 2.75. The third kappa shape index (κ3) is 6.66. The van der Waals surface area contributed by atoms with E-state index in [-0.39, 0.29) is 13.2 Å². The van der Waals surface area contributed by atoms with Crippen LogP contribution in [0, 0.1) is 0 Å². The van der Waals surface area contributed by atoms with Gasteiger partial charge in [-0.25, -0.2) is 9.59 Å². The Hall–Kier alpha value is -2.77. The summed E-state index contributed by atoms with van der Waals surface area (Å²) in [5, 5.41) is 3.12. The molecule has 0 saturated carbocycles. The van der Waals surface area contributed by atoms with Crippen molar-refractivity contribution in [2.24, 2.45) is 0 Å². The molecule has 8 heteroatoms. The zero-order chi connectivity index (χ0) is 21.2. The smallest absolute Gasteiger partial charge is 0.406 e.